The first-order valence-corrected chi connectivity index (χ1v) is 10.1. The number of aromatic hydroxyl groups is 1. The van der Waals surface area contributed by atoms with Crippen LogP contribution in [0.25, 0.3) is 0 Å². The summed E-state index contributed by atoms with van der Waals surface area (Å²) in [5, 5.41) is 14.4. The summed E-state index contributed by atoms with van der Waals surface area (Å²) in [5.41, 5.74) is 6.91. The lowest BCUT2D eigenvalue weighted by molar-refractivity contribution is -0.117. The number of carbonyl (C=O) groups is 2. The van der Waals surface area contributed by atoms with Crippen LogP contribution in [0.15, 0.2) is 35.7 Å². The van der Waals surface area contributed by atoms with Gasteiger partial charge in [-0.05, 0) is 73.8 Å². The number of piperidine rings is 1. The molecule has 144 valence electrons. The van der Waals surface area contributed by atoms with Crippen LogP contribution in [0.4, 0.5) is 5.00 Å². The van der Waals surface area contributed by atoms with Gasteiger partial charge in [0.1, 0.15) is 10.8 Å². The first-order valence-electron chi connectivity index (χ1n) is 9.18. The summed E-state index contributed by atoms with van der Waals surface area (Å²) < 4.78 is 0. The fourth-order valence-electron chi connectivity index (χ4n) is 3.44. The lowest BCUT2D eigenvalue weighted by Gasteiger charge is -2.31. The molecule has 7 heteroatoms. The standard InChI is InChI=1S/C20H25N3O3S/c21-19(26)17-9-12-27-20(17)22-18(25)13-23-10-7-15(8-11-23)2-1-14-3-5-16(24)6-4-14/h3-6,9,12,15,24H,1-2,7-8,10-11,13H2,(H2,21,26)(H,22,25). The lowest BCUT2D eigenvalue weighted by atomic mass is 9.90. The van der Waals surface area contributed by atoms with Gasteiger partial charge in [-0.1, -0.05) is 12.1 Å². The maximum absolute atomic E-state index is 12.3. The van der Waals surface area contributed by atoms with Crippen LogP contribution in [-0.4, -0.2) is 41.5 Å². The molecule has 27 heavy (non-hydrogen) atoms. The number of hydrogen-bond donors (Lipinski definition) is 3. The molecule has 3 rings (SSSR count). The van der Waals surface area contributed by atoms with Gasteiger partial charge in [-0.15, -0.1) is 11.3 Å². The van der Waals surface area contributed by atoms with Crippen LogP contribution in [0, 0.1) is 5.92 Å². The second-order valence-corrected chi connectivity index (χ2v) is 7.92. The van der Waals surface area contributed by atoms with Gasteiger partial charge in [0, 0.05) is 0 Å². The molecule has 0 bridgehead atoms. The number of nitrogens with two attached hydrogens (primary N) is 1. The number of carbonyl (C=O) groups excluding carboxylic acids is 2. The van der Waals surface area contributed by atoms with E-state index in [1.807, 2.05) is 12.1 Å². The molecule has 1 fully saturated rings. The van der Waals surface area contributed by atoms with Crippen LogP contribution < -0.4 is 11.1 Å². The van der Waals surface area contributed by atoms with Crippen LogP contribution in [0.1, 0.15) is 35.2 Å². The van der Waals surface area contributed by atoms with Gasteiger partial charge in [-0.25, -0.2) is 0 Å². The fraction of sp³-hybridized carbons (Fsp3) is 0.400. The number of primary amides is 1. The van der Waals surface area contributed by atoms with Crippen molar-refractivity contribution in [2.24, 2.45) is 11.7 Å². The normalized spacial score (nSPS) is 15.6. The molecule has 2 amide bonds. The van der Waals surface area contributed by atoms with Crippen molar-refractivity contribution in [3.05, 3.63) is 46.8 Å². The number of anilines is 1. The molecule has 6 nitrogen and oxygen atoms in total. The maximum atomic E-state index is 12.3. The summed E-state index contributed by atoms with van der Waals surface area (Å²) in [6.45, 7) is 2.14. The highest BCUT2D eigenvalue weighted by atomic mass is 32.1. The molecular weight excluding hydrogens is 362 g/mol. The largest absolute Gasteiger partial charge is 0.508 e. The maximum Gasteiger partial charge on any atom is 0.251 e. The predicted octanol–water partition coefficient (Wildman–Crippen LogP) is 2.84. The van der Waals surface area contributed by atoms with E-state index in [9.17, 15) is 14.7 Å². The van der Waals surface area contributed by atoms with E-state index >= 15 is 0 Å². The Labute approximate surface area is 163 Å². The zero-order valence-corrected chi connectivity index (χ0v) is 16.0. The summed E-state index contributed by atoms with van der Waals surface area (Å²) in [4.78, 5) is 25.7. The Kier molecular flexibility index (Phi) is 6.47. The summed E-state index contributed by atoms with van der Waals surface area (Å²) in [7, 11) is 0. The van der Waals surface area contributed by atoms with Crippen molar-refractivity contribution in [3.63, 3.8) is 0 Å². The van der Waals surface area contributed by atoms with Gasteiger partial charge >= 0.3 is 0 Å². The topological polar surface area (TPSA) is 95.7 Å². The van der Waals surface area contributed by atoms with E-state index in [1.54, 1.807) is 23.6 Å². The van der Waals surface area contributed by atoms with Gasteiger partial charge in [0.2, 0.25) is 5.91 Å². The van der Waals surface area contributed by atoms with E-state index in [0.717, 1.165) is 38.8 Å². The molecule has 2 heterocycles. The second-order valence-electron chi connectivity index (χ2n) is 7.00. The van der Waals surface area contributed by atoms with Gasteiger partial charge in [0.25, 0.3) is 5.91 Å². The third kappa shape index (κ3) is 5.55. The summed E-state index contributed by atoms with van der Waals surface area (Å²) in [6, 6.07) is 9.03. The lowest BCUT2D eigenvalue weighted by Crippen LogP contribution is -2.39. The number of phenolic OH excluding ortho intramolecular Hbond substituents is 1. The number of phenols is 1. The molecule has 1 aromatic heterocycles. The second kappa shape index (κ2) is 9.01. The highest BCUT2D eigenvalue weighted by Crippen LogP contribution is 2.24. The molecule has 1 aliphatic heterocycles. The smallest absolute Gasteiger partial charge is 0.251 e. The fourth-order valence-corrected chi connectivity index (χ4v) is 4.24. The molecular formula is C20H25N3O3S. The molecule has 2 aromatic rings. The van der Waals surface area contributed by atoms with Crippen LogP contribution in [0.5, 0.6) is 5.75 Å². The predicted molar refractivity (Wildman–Crippen MR) is 107 cm³/mol. The number of rotatable bonds is 7. The molecule has 0 atom stereocenters. The first-order chi connectivity index (χ1) is 13.0. The number of hydrogen-bond acceptors (Lipinski definition) is 5. The van der Waals surface area contributed by atoms with Crippen molar-refractivity contribution in [1.29, 1.82) is 0 Å². The SMILES string of the molecule is NC(=O)c1ccsc1NC(=O)CN1CCC(CCc2ccc(O)cc2)CC1. The molecule has 1 aromatic carbocycles. The Bertz CT molecular complexity index is 780. The van der Waals surface area contributed by atoms with Crippen molar-refractivity contribution in [1.82, 2.24) is 4.90 Å². The van der Waals surface area contributed by atoms with Crippen LogP contribution >= 0.6 is 11.3 Å². The molecule has 0 spiro atoms. The minimum absolute atomic E-state index is 0.109. The third-order valence-electron chi connectivity index (χ3n) is 5.04. The summed E-state index contributed by atoms with van der Waals surface area (Å²) in [6.07, 6.45) is 4.30. The van der Waals surface area contributed by atoms with Gasteiger partial charge in [0.05, 0.1) is 12.1 Å². The van der Waals surface area contributed by atoms with Gasteiger partial charge in [-0.3, -0.25) is 14.5 Å². The quantitative estimate of drug-likeness (QED) is 0.681. The zero-order valence-electron chi connectivity index (χ0n) is 15.2. The number of nitrogens with zero attached hydrogens (tertiary/aromatic N) is 1. The number of likely N-dealkylation sites (tertiary alicyclic amines) is 1. The van der Waals surface area contributed by atoms with Crippen LogP contribution in [0.3, 0.4) is 0 Å². The number of amides is 2. The molecule has 1 saturated heterocycles. The molecule has 0 unspecified atom stereocenters. The number of aryl methyl sites for hydroxylation is 1. The summed E-state index contributed by atoms with van der Waals surface area (Å²) >= 11 is 1.31. The van der Waals surface area contributed by atoms with Crippen LogP contribution in [-0.2, 0) is 11.2 Å². The molecule has 0 aliphatic carbocycles. The molecule has 0 radical (unpaired) electrons. The minimum Gasteiger partial charge on any atom is -0.508 e. The van der Waals surface area contributed by atoms with E-state index in [0.29, 0.717) is 28.8 Å². The number of benzene rings is 1. The van der Waals surface area contributed by atoms with Crippen molar-refractivity contribution in [2.45, 2.75) is 25.7 Å². The Balaban J connectivity index is 1.40. The van der Waals surface area contributed by atoms with E-state index in [1.165, 1.54) is 16.9 Å². The average Bonchev–Trinajstić information content (AvgIpc) is 3.11. The van der Waals surface area contributed by atoms with Crippen molar-refractivity contribution in [3.8, 4) is 5.75 Å². The Hall–Kier alpha value is -2.38. The minimum atomic E-state index is -0.527. The van der Waals surface area contributed by atoms with Crippen molar-refractivity contribution in [2.75, 3.05) is 25.0 Å². The third-order valence-corrected chi connectivity index (χ3v) is 5.87. The molecule has 0 saturated carbocycles. The van der Waals surface area contributed by atoms with Gasteiger partial charge < -0.3 is 16.2 Å². The van der Waals surface area contributed by atoms with Crippen molar-refractivity contribution >= 4 is 28.2 Å². The highest BCUT2D eigenvalue weighted by Gasteiger charge is 2.21. The van der Waals surface area contributed by atoms with E-state index in [4.69, 9.17) is 5.73 Å². The van der Waals surface area contributed by atoms with E-state index in [-0.39, 0.29) is 5.91 Å². The van der Waals surface area contributed by atoms with Gasteiger partial charge in [0.15, 0.2) is 0 Å². The van der Waals surface area contributed by atoms with Crippen LogP contribution in [0.2, 0.25) is 0 Å². The Morgan fingerprint density at radius 1 is 1.19 bits per heavy atom. The van der Waals surface area contributed by atoms with Gasteiger partial charge in [-0.2, -0.15) is 0 Å². The average molecular weight is 388 g/mol. The molecule has 1 aliphatic rings. The van der Waals surface area contributed by atoms with Crippen molar-refractivity contribution < 1.29 is 14.7 Å². The molecule has 4 N–H and O–H groups in total. The first kappa shape index (κ1) is 19.4. The number of nitrogens with one attached hydrogen (secondary N) is 1. The Morgan fingerprint density at radius 2 is 1.89 bits per heavy atom. The number of thiophene rings is 1. The summed E-state index contributed by atoms with van der Waals surface area (Å²) in [5.74, 6) is 0.330. The van der Waals surface area contributed by atoms with E-state index in [2.05, 4.69) is 10.2 Å². The zero-order chi connectivity index (χ0) is 19.2. The monoisotopic (exact) mass is 387 g/mol. The van der Waals surface area contributed by atoms with E-state index < -0.39 is 5.91 Å². The Morgan fingerprint density at radius 3 is 2.56 bits per heavy atom. The highest BCUT2D eigenvalue weighted by molar-refractivity contribution is 7.14.